The fourth-order valence-corrected chi connectivity index (χ4v) is 5.15. The summed E-state index contributed by atoms with van der Waals surface area (Å²) in [5.74, 6) is 0.0719. The molecule has 1 N–H and O–H groups in total. The van der Waals surface area contributed by atoms with Crippen LogP contribution in [0.3, 0.4) is 0 Å². The molecule has 2 aliphatic heterocycles. The summed E-state index contributed by atoms with van der Waals surface area (Å²) in [6, 6.07) is 12.6. The first kappa shape index (κ1) is 24.9. The Morgan fingerprint density at radius 2 is 1.80 bits per heavy atom. The number of likely N-dealkylation sites (N-methyl/N-ethyl adjacent to an activating group) is 1. The number of hydrogen-bond donors (Lipinski definition) is 1. The summed E-state index contributed by atoms with van der Waals surface area (Å²) < 4.78 is 16.3. The molecule has 2 aromatic rings. The minimum Gasteiger partial charge on any atom is -0.497 e. The predicted molar refractivity (Wildman–Crippen MR) is 131 cm³/mol. The van der Waals surface area contributed by atoms with E-state index in [2.05, 4.69) is 6.92 Å². The number of carbonyl (C=O) groups excluding carboxylic acids is 1. The average Bonchev–Trinajstić information content (AvgIpc) is 3.49. The van der Waals surface area contributed by atoms with E-state index < -0.39 is 17.9 Å². The molecule has 0 radical (unpaired) electrons. The van der Waals surface area contributed by atoms with Gasteiger partial charge in [-0.3, -0.25) is 14.5 Å². The number of benzene rings is 2. The van der Waals surface area contributed by atoms with Crippen LogP contribution in [0.5, 0.6) is 17.2 Å². The van der Waals surface area contributed by atoms with Crippen LogP contribution < -0.4 is 14.2 Å². The number of carboxylic acid groups (broad SMARTS) is 1. The quantitative estimate of drug-likeness (QED) is 0.549. The maximum atomic E-state index is 13.3. The van der Waals surface area contributed by atoms with Crippen molar-refractivity contribution in [3.8, 4) is 17.2 Å². The third-order valence-corrected chi connectivity index (χ3v) is 7.02. The van der Waals surface area contributed by atoms with E-state index in [9.17, 15) is 14.7 Å². The highest BCUT2D eigenvalue weighted by molar-refractivity contribution is 5.79. The van der Waals surface area contributed by atoms with E-state index >= 15 is 0 Å². The molecule has 0 aromatic heterocycles. The van der Waals surface area contributed by atoms with Crippen molar-refractivity contribution in [1.29, 1.82) is 0 Å². The smallest absolute Gasteiger partial charge is 0.309 e. The molecule has 1 amide bonds. The second-order valence-electron chi connectivity index (χ2n) is 9.06. The molecule has 188 valence electrons. The maximum Gasteiger partial charge on any atom is 0.309 e. The Hall–Kier alpha value is -3.26. The Morgan fingerprint density at radius 3 is 2.46 bits per heavy atom. The maximum absolute atomic E-state index is 13.3. The van der Waals surface area contributed by atoms with Crippen LogP contribution in [0.2, 0.25) is 0 Å². The Kier molecular flexibility index (Phi) is 7.80. The highest BCUT2D eigenvalue weighted by Crippen LogP contribution is 2.47. The topological polar surface area (TPSA) is 88.5 Å². The summed E-state index contributed by atoms with van der Waals surface area (Å²) in [5.41, 5.74) is 1.72. The lowest BCUT2D eigenvalue weighted by Gasteiger charge is -2.29. The van der Waals surface area contributed by atoms with Crippen LogP contribution in [0.1, 0.15) is 49.8 Å². The summed E-state index contributed by atoms with van der Waals surface area (Å²) in [7, 11) is 1.60. The van der Waals surface area contributed by atoms with Gasteiger partial charge < -0.3 is 24.2 Å². The molecule has 2 aromatic carbocycles. The summed E-state index contributed by atoms with van der Waals surface area (Å²) in [6.07, 6.45) is 1.95. The number of aliphatic carboxylic acids is 1. The van der Waals surface area contributed by atoms with Gasteiger partial charge in [0.1, 0.15) is 5.75 Å². The summed E-state index contributed by atoms with van der Waals surface area (Å²) in [5, 5.41) is 10.4. The van der Waals surface area contributed by atoms with E-state index in [1.807, 2.05) is 59.2 Å². The molecule has 0 spiro atoms. The lowest BCUT2D eigenvalue weighted by molar-refractivity contribution is -0.143. The van der Waals surface area contributed by atoms with Crippen LogP contribution in [-0.2, 0) is 9.59 Å². The predicted octanol–water partition coefficient (Wildman–Crippen LogP) is 3.91. The number of likely N-dealkylation sites (tertiary alicyclic amines) is 1. The number of carbonyl (C=O) groups is 2. The zero-order chi connectivity index (χ0) is 24.9. The number of nitrogens with zero attached hydrogens (tertiary/aromatic N) is 2. The number of hydrogen-bond acceptors (Lipinski definition) is 6. The molecule has 8 heteroatoms. The Bertz CT molecular complexity index is 1040. The van der Waals surface area contributed by atoms with Crippen LogP contribution in [0, 0.1) is 5.92 Å². The number of unbranched alkanes of at least 4 members (excludes halogenated alkanes) is 1. The summed E-state index contributed by atoms with van der Waals surface area (Å²) in [6.45, 7) is 6.20. The molecule has 35 heavy (non-hydrogen) atoms. The fraction of sp³-hybridized carbons (Fsp3) is 0.481. The van der Waals surface area contributed by atoms with Crippen LogP contribution in [0.25, 0.3) is 0 Å². The van der Waals surface area contributed by atoms with Crippen molar-refractivity contribution >= 4 is 11.9 Å². The van der Waals surface area contributed by atoms with Gasteiger partial charge in [0.2, 0.25) is 12.7 Å². The molecule has 2 aliphatic rings. The molecule has 2 heterocycles. The van der Waals surface area contributed by atoms with Gasteiger partial charge >= 0.3 is 5.97 Å². The number of fused-ring (bicyclic) bond motifs is 1. The molecule has 3 atom stereocenters. The molecule has 0 aliphatic carbocycles. The molecule has 1 fully saturated rings. The molecule has 8 nitrogen and oxygen atoms in total. The van der Waals surface area contributed by atoms with Gasteiger partial charge in [-0.05, 0) is 48.7 Å². The molecular weight excluding hydrogens is 448 g/mol. The lowest BCUT2D eigenvalue weighted by atomic mass is 9.82. The zero-order valence-electron chi connectivity index (χ0n) is 20.6. The third kappa shape index (κ3) is 5.22. The zero-order valence-corrected chi connectivity index (χ0v) is 20.6. The van der Waals surface area contributed by atoms with Gasteiger partial charge in [-0.15, -0.1) is 0 Å². The average molecular weight is 483 g/mol. The van der Waals surface area contributed by atoms with E-state index in [-0.39, 0.29) is 25.2 Å². The largest absolute Gasteiger partial charge is 0.497 e. The Labute approximate surface area is 206 Å². The van der Waals surface area contributed by atoms with Gasteiger partial charge in [0.25, 0.3) is 0 Å². The number of ether oxygens (including phenoxy) is 3. The highest BCUT2D eigenvalue weighted by atomic mass is 16.7. The highest BCUT2D eigenvalue weighted by Gasteiger charge is 2.48. The van der Waals surface area contributed by atoms with Gasteiger partial charge in [-0.1, -0.05) is 31.5 Å². The van der Waals surface area contributed by atoms with Crippen molar-refractivity contribution in [2.45, 2.75) is 38.6 Å². The minimum absolute atomic E-state index is 0.0231. The monoisotopic (exact) mass is 482 g/mol. The van der Waals surface area contributed by atoms with Crippen LogP contribution in [0.15, 0.2) is 42.5 Å². The molecule has 0 bridgehead atoms. The SMILES string of the molecule is CCCCN(CC)C(=O)CN1C[C@H](c2ccc3c(c2)OCO3)[C@@H](C(=O)O)[C@@H]1c1ccc(OC)cc1. The van der Waals surface area contributed by atoms with Crippen molar-refractivity contribution in [1.82, 2.24) is 9.80 Å². The second kappa shape index (κ2) is 11.0. The number of methoxy groups -OCH3 is 1. The van der Waals surface area contributed by atoms with E-state index in [0.717, 1.165) is 24.0 Å². The number of carboxylic acids is 1. The number of rotatable bonds is 10. The Balaban J connectivity index is 1.68. The van der Waals surface area contributed by atoms with Gasteiger partial charge in [-0.25, -0.2) is 0 Å². The van der Waals surface area contributed by atoms with Crippen molar-refractivity contribution in [3.05, 3.63) is 53.6 Å². The first-order valence-electron chi connectivity index (χ1n) is 12.2. The van der Waals surface area contributed by atoms with E-state index in [1.54, 1.807) is 7.11 Å². The van der Waals surface area contributed by atoms with Gasteiger partial charge in [-0.2, -0.15) is 0 Å². The standard InChI is InChI=1S/C27H34N2O6/c1-4-6-13-28(5-2)24(30)16-29-15-21(19-9-12-22-23(14-19)35-17-34-22)25(27(31)32)26(29)18-7-10-20(33-3)11-8-18/h7-12,14,21,25-26H,4-6,13,15-17H2,1-3H3,(H,31,32)/t21-,25-,26+/m1/s1. The van der Waals surface area contributed by atoms with Crippen LogP contribution in [0.4, 0.5) is 0 Å². The molecule has 0 unspecified atom stereocenters. The minimum atomic E-state index is -0.887. The van der Waals surface area contributed by atoms with Gasteiger partial charge in [0.05, 0.1) is 19.6 Å². The molecule has 1 saturated heterocycles. The summed E-state index contributed by atoms with van der Waals surface area (Å²) >= 11 is 0. The first-order chi connectivity index (χ1) is 17.0. The molecule has 4 rings (SSSR count). The van der Waals surface area contributed by atoms with Crippen molar-refractivity contribution in [3.63, 3.8) is 0 Å². The van der Waals surface area contributed by atoms with E-state index in [4.69, 9.17) is 14.2 Å². The van der Waals surface area contributed by atoms with Crippen molar-refractivity contribution in [2.75, 3.05) is 40.1 Å². The molecular formula is C27H34N2O6. The summed E-state index contributed by atoms with van der Waals surface area (Å²) in [4.78, 5) is 29.8. The van der Waals surface area contributed by atoms with Crippen LogP contribution in [-0.4, -0.2) is 66.9 Å². The third-order valence-electron chi connectivity index (χ3n) is 7.02. The first-order valence-corrected chi connectivity index (χ1v) is 12.2. The fourth-order valence-electron chi connectivity index (χ4n) is 5.15. The molecule has 0 saturated carbocycles. The van der Waals surface area contributed by atoms with E-state index in [0.29, 0.717) is 36.9 Å². The Morgan fingerprint density at radius 1 is 1.09 bits per heavy atom. The number of amides is 1. The van der Waals surface area contributed by atoms with Gasteiger partial charge in [0.15, 0.2) is 11.5 Å². The normalized spacial score (nSPS) is 21.2. The van der Waals surface area contributed by atoms with Gasteiger partial charge in [0, 0.05) is 31.6 Å². The van der Waals surface area contributed by atoms with Crippen molar-refractivity contribution < 1.29 is 28.9 Å². The lowest BCUT2D eigenvalue weighted by Crippen LogP contribution is -2.41. The van der Waals surface area contributed by atoms with Crippen LogP contribution >= 0.6 is 0 Å². The van der Waals surface area contributed by atoms with E-state index in [1.165, 1.54) is 0 Å². The second-order valence-corrected chi connectivity index (χ2v) is 9.06. The van der Waals surface area contributed by atoms with Crippen molar-refractivity contribution in [2.24, 2.45) is 5.92 Å².